The van der Waals surface area contributed by atoms with Gasteiger partial charge in [-0.15, -0.1) is 0 Å². The molecule has 0 fully saturated rings. The van der Waals surface area contributed by atoms with Gasteiger partial charge in [-0.1, -0.05) is 24.3 Å². The Labute approximate surface area is 115 Å². The van der Waals surface area contributed by atoms with Crippen LogP contribution in [0, 0.1) is 13.8 Å². The molecule has 0 saturated heterocycles. The van der Waals surface area contributed by atoms with Crippen molar-refractivity contribution >= 4 is 0 Å². The van der Waals surface area contributed by atoms with Crippen LogP contribution in [0.3, 0.4) is 0 Å². The van der Waals surface area contributed by atoms with E-state index < -0.39 is 0 Å². The Morgan fingerprint density at radius 1 is 1.26 bits per heavy atom. The van der Waals surface area contributed by atoms with Crippen LogP contribution < -0.4 is 5.32 Å². The zero-order valence-corrected chi connectivity index (χ0v) is 12.3. The maximum Gasteiger partial charge on any atom is 0.0596 e. The summed E-state index contributed by atoms with van der Waals surface area (Å²) in [4.78, 5) is 0. The summed E-state index contributed by atoms with van der Waals surface area (Å²) in [5.41, 5.74) is 5.17. The van der Waals surface area contributed by atoms with Crippen molar-refractivity contribution < 1.29 is 0 Å². The van der Waals surface area contributed by atoms with Gasteiger partial charge in [0.15, 0.2) is 0 Å². The van der Waals surface area contributed by atoms with E-state index in [9.17, 15) is 0 Å². The summed E-state index contributed by atoms with van der Waals surface area (Å²) in [6, 6.07) is 10.8. The SMILES string of the molecule is CNCC(Cc1cc(C)nn1C)c1ccccc1C. The average Bonchev–Trinajstić information content (AvgIpc) is 2.68. The standard InChI is InChI=1S/C16H23N3/c1-12-7-5-6-8-16(12)14(11-17-3)10-15-9-13(2)18-19(15)4/h5-9,14,17H,10-11H2,1-4H3. The van der Waals surface area contributed by atoms with Crippen LogP contribution in [0.2, 0.25) is 0 Å². The van der Waals surface area contributed by atoms with Gasteiger partial charge in [0.25, 0.3) is 0 Å². The van der Waals surface area contributed by atoms with Crippen molar-refractivity contribution in [1.29, 1.82) is 0 Å². The molecule has 3 nitrogen and oxygen atoms in total. The lowest BCUT2D eigenvalue weighted by atomic mass is 9.90. The van der Waals surface area contributed by atoms with Crippen LogP contribution in [0.25, 0.3) is 0 Å². The smallest absolute Gasteiger partial charge is 0.0596 e. The van der Waals surface area contributed by atoms with Gasteiger partial charge in [0.05, 0.1) is 5.69 Å². The van der Waals surface area contributed by atoms with E-state index in [0.717, 1.165) is 18.7 Å². The fourth-order valence-corrected chi connectivity index (χ4v) is 2.69. The molecular formula is C16H23N3. The van der Waals surface area contributed by atoms with Crippen molar-refractivity contribution in [2.24, 2.45) is 7.05 Å². The minimum atomic E-state index is 0.487. The van der Waals surface area contributed by atoms with E-state index in [0.29, 0.717) is 5.92 Å². The third-order valence-electron chi connectivity index (χ3n) is 3.63. The van der Waals surface area contributed by atoms with Crippen molar-refractivity contribution in [2.45, 2.75) is 26.2 Å². The molecule has 1 heterocycles. The highest BCUT2D eigenvalue weighted by Gasteiger charge is 2.15. The summed E-state index contributed by atoms with van der Waals surface area (Å²) in [6.07, 6.45) is 1.02. The normalized spacial score (nSPS) is 12.6. The van der Waals surface area contributed by atoms with E-state index in [1.165, 1.54) is 16.8 Å². The molecule has 0 saturated carbocycles. The molecule has 1 aromatic heterocycles. The molecule has 1 atom stereocenters. The van der Waals surface area contributed by atoms with Crippen LogP contribution in [-0.4, -0.2) is 23.4 Å². The summed E-state index contributed by atoms with van der Waals surface area (Å²) < 4.78 is 2.00. The van der Waals surface area contributed by atoms with Gasteiger partial charge in [-0.3, -0.25) is 4.68 Å². The topological polar surface area (TPSA) is 29.9 Å². The van der Waals surface area contributed by atoms with E-state index in [-0.39, 0.29) is 0 Å². The van der Waals surface area contributed by atoms with Crippen LogP contribution in [0.15, 0.2) is 30.3 Å². The molecule has 3 heteroatoms. The fourth-order valence-electron chi connectivity index (χ4n) is 2.69. The van der Waals surface area contributed by atoms with Crippen molar-refractivity contribution in [3.63, 3.8) is 0 Å². The number of nitrogens with zero attached hydrogens (tertiary/aromatic N) is 2. The Hall–Kier alpha value is -1.61. The summed E-state index contributed by atoms with van der Waals surface area (Å²) in [7, 11) is 4.04. The first-order valence-corrected chi connectivity index (χ1v) is 6.81. The molecule has 1 unspecified atom stereocenters. The third-order valence-corrected chi connectivity index (χ3v) is 3.63. The molecule has 102 valence electrons. The zero-order chi connectivity index (χ0) is 13.8. The third kappa shape index (κ3) is 3.24. The molecule has 0 spiro atoms. The Bertz CT molecular complexity index is 543. The van der Waals surface area contributed by atoms with Gasteiger partial charge in [0.2, 0.25) is 0 Å². The molecule has 0 aliphatic rings. The monoisotopic (exact) mass is 257 g/mol. The van der Waals surface area contributed by atoms with Gasteiger partial charge >= 0.3 is 0 Å². The molecule has 0 aliphatic carbocycles. The summed E-state index contributed by atoms with van der Waals surface area (Å²) in [5.74, 6) is 0.487. The van der Waals surface area contributed by atoms with Crippen molar-refractivity contribution in [1.82, 2.24) is 15.1 Å². The number of hydrogen-bond acceptors (Lipinski definition) is 2. The van der Waals surface area contributed by atoms with Crippen LogP contribution in [0.5, 0.6) is 0 Å². The van der Waals surface area contributed by atoms with Crippen LogP contribution in [-0.2, 0) is 13.5 Å². The predicted molar refractivity (Wildman–Crippen MR) is 79.5 cm³/mol. The lowest BCUT2D eigenvalue weighted by Crippen LogP contribution is -2.20. The van der Waals surface area contributed by atoms with Gasteiger partial charge in [0.1, 0.15) is 0 Å². The first-order valence-electron chi connectivity index (χ1n) is 6.81. The second-order valence-corrected chi connectivity index (χ2v) is 5.22. The second-order valence-electron chi connectivity index (χ2n) is 5.22. The molecule has 2 rings (SSSR count). The number of hydrogen-bond donors (Lipinski definition) is 1. The number of aryl methyl sites for hydroxylation is 3. The average molecular weight is 257 g/mol. The molecule has 19 heavy (non-hydrogen) atoms. The Morgan fingerprint density at radius 2 is 2.00 bits per heavy atom. The lowest BCUT2D eigenvalue weighted by molar-refractivity contribution is 0.589. The van der Waals surface area contributed by atoms with Gasteiger partial charge in [-0.2, -0.15) is 5.10 Å². The number of rotatable bonds is 5. The van der Waals surface area contributed by atoms with Crippen LogP contribution in [0.4, 0.5) is 0 Å². The Kier molecular flexibility index (Phi) is 4.38. The first-order chi connectivity index (χ1) is 9.11. The van der Waals surface area contributed by atoms with Gasteiger partial charge in [0, 0.05) is 25.2 Å². The highest BCUT2D eigenvalue weighted by molar-refractivity contribution is 5.30. The maximum absolute atomic E-state index is 4.44. The molecule has 0 amide bonds. The molecule has 1 N–H and O–H groups in total. The van der Waals surface area contributed by atoms with Gasteiger partial charge in [-0.25, -0.2) is 0 Å². The van der Waals surface area contributed by atoms with Crippen molar-refractivity contribution in [2.75, 3.05) is 13.6 Å². The van der Waals surface area contributed by atoms with E-state index in [1.807, 2.05) is 25.7 Å². The highest BCUT2D eigenvalue weighted by atomic mass is 15.3. The maximum atomic E-state index is 4.44. The highest BCUT2D eigenvalue weighted by Crippen LogP contribution is 2.23. The van der Waals surface area contributed by atoms with Crippen LogP contribution in [0.1, 0.15) is 28.4 Å². The van der Waals surface area contributed by atoms with Crippen molar-refractivity contribution in [3.05, 3.63) is 52.8 Å². The van der Waals surface area contributed by atoms with E-state index in [1.54, 1.807) is 0 Å². The second kappa shape index (κ2) is 6.02. The zero-order valence-electron chi connectivity index (χ0n) is 12.3. The number of nitrogens with one attached hydrogen (secondary N) is 1. The fraction of sp³-hybridized carbons (Fsp3) is 0.438. The summed E-state index contributed by atoms with van der Waals surface area (Å²) >= 11 is 0. The molecule has 0 bridgehead atoms. The van der Waals surface area contributed by atoms with Crippen molar-refractivity contribution in [3.8, 4) is 0 Å². The van der Waals surface area contributed by atoms with E-state index in [2.05, 4.69) is 47.7 Å². The van der Waals surface area contributed by atoms with Crippen LogP contribution >= 0.6 is 0 Å². The molecule has 0 aliphatic heterocycles. The number of aromatic nitrogens is 2. The Morgan fingerprint density at radius 3 is 2.58 bits per heavy atom. The number of likely N-dealkylation sites (N-methyl/N-ethyl adjacent to an activating group) is 1. The quantitative estimate of drug-likeness (QED) is 0.892. The summed E-state index contributed by atoms with van der Waals surface area (Å²) in [5, 5.41) is 7.75. The summed E-state index contributed by atoms with van der Waals surface area (Å²) in [6.45, 7) is 5.21. The molecular weight excluding hydrogens is 234 g/mol. The first kappa shape index (κ1) is 13.8. The minimum absolute atomic E-state index is 0.487. The largest absolute Gasteiger partial charge is 0.319 e. The molecule has 2 aromatic rings. The van der Waals surface area contributed by atoms with E-state index in [4.69, 9.17) is 0 Å². The van der Waals surface area contributed by atoms with Gasteiger partial charge < -0.3 is 5.32 Å². The van der Waals surface area contributed by atoms with E-state index >= 15 is 0 Å². The predicted octanol–water partition coefficient (Wildman–Crippen LogP) is 2.58. The molecule has 0 radical (unpaired) electrons. The number of benzene rings is 1. The Balaban J connectivity index is 2.26. The molecule has 1 aromatic carbocycles. The lowest BCUT2D eigenvalue weighted by Gasteiger charge is -2.19. The minimum Gasteiger partial charge on any atom is -0.319 e. The van der Waals surface area contributed by atoms with Gasteiger partial charge in [-0.05, 0) is 44.5 Å².